The fraction of sp³-hybridized carbons (Fsp3) is 0.462. The van der Waals surface area contributed by atoms with E-state index in [1.54, 1.807) is 0 Å². The van der Waals surface area contributed by atoms with Crippen molar-refractivity contribution in [3.05, 3.63) is 30.3 Å². The number of rotatable bonds is 7. The number of hydrogen-bond donors (Lipinski definition) is 0. The largest absolute Gasteiger partial charge is 0.741 e. The van der Waals surface area contributed by atoms with Gasteiger partial charge in [-0.2, -0.15) is 17.4 Å². The van der Waals surface area contributed by atoms with Gasteiger partial charge in [0.25, 0.3) is 0 Å². The predicted molar refractivity (Wildman–Crippen MR) is 86.8 cm³/mol. The van der Waals surface area contributed by atoms with Gasteiger partial charge in [0.2, 0.25) is 6.61 Å². The first-order valence-electron chi connectivity index (χ1n) is 6.63. The van der Waals surface area contributed by atoms with Crippen molar-refractivity contribution >= 4 is 57.7 Å². The monoisotopic (exact) mass is 413 g/mol. The summed E-state index contributed by atoms with van der Waals surface area (Å²) in [6, 6.07) is 9.71. The number of hydrogen-bond acceptors (Lipinski definition) is 6. The van der Waals surface area contributed by atoms with Gasteiger partial charge in [-0.25, -0.2) is 13.2 Å². The van der Waals surface area contributed by atoms with Crippen LogP contribution in [0.4, 0.5) is 13.2 Å². The van der Waals surface area contributed by atoms with Gasteiger partial charge in [-0.15, -0.1) is 0 Å². The minimum atomic E-state index is -6.09. The van der Waals surface area contributed by atoms with Crippen molar-refractivity contribution in [1.82, 2.24) is 0 Å². The van der Waals surface area contributed by atoms with Crippen LogP contribution in [-0.4, -0.2) is 67.2 Å². The van der Waals surface area contributed by atoms with Gasteiger partial charge in [0, 0.05) is 29.6 Å². The molecular formula is C13H17F3NaO6S2. The van der Waals surface area contributed by atoms with Crippen molar-refractivity contribution in [2.75, 3.05) is 13.2 Å². The molecule has 0 aliphatic rings. The SMILES string of the molecule is CCCCOC(=O)CO[SH+]c1ccccc1.O=S(=O)([O-])C(F)(F)F.[Na]. The van der Waals surface area contributed by atoms with Crippen molar-refractivity contribution in [3.63, 3.8) is 0 Å². The third-order valence-electron chi connectivity index (χ3n) is 2.15. The normalized spacial score (nSPS) is 10.9. The molecular weight excluding hydrogens is 396 g/mol. The number of ether oxygens (including phenoxy) is 1. The molecule has 1 rings (SSSR count). The summed E-state index contributed by atoms with van der Waals surface area (Å²) in [4.78, 5) is 12.2. The smallest absolute Gasteiger partial charge is 0.485 e. The van der Waals surface area contributed by atoms with Gasteiger partial charge >= 0.3 is 11.5 Å². The van der Waals surface area contributed by atoms with Crippen LogP contribution in [-0.2, 0) is 35.9 Å². The number of benzene rings is 1. The maximum Gasteiger partial charge on any atom is 0.485 e. The fourth-order valence-corrected chi connectivity index (χ4v) is 1.63. The van der Waals surface area contributed by atoms with Crippen molar-refractivity contribution in [2.45, 2.75) is 30.2 Å². The van der Waals surface area contributed by atoms with Crippen molar-refractivity contribution in [3.8, 4) is 0 Å². The van der Waals surface area contributed by atoms with Gasteiger partial charge in [-0.05, 0) is 18.6 Å². The summed E-state index contributed by atoms with van der Waals surface area (Å²) in [6.45, 7) is 2.55. The van der Waals surface area contributed by atoms with E-state index in [-0.39, 0.29) is 42.1 Å². The molecule has 0 bridgehead atoms. The molecule has 139 valence electrons. The van der Waals surface area contributed by atoms with Crippen LogP contribution < -0.4 is 0 Å². The number of thiol groups is 1. The molecule has 1 aromatic rings. The van der Waals surface area contributed by atoms with Gasteiger partial charge in [-0.3, -0.25) is 0 Å². The summed E-state index contributed by atoms with van der Waals surface area (Å²) >= 11 is 0.694. The Morgan fingerprint density at radius 3 is 2.20 bits per heavy atom. The molecule has 1 aromatic carbocycles. The second kappa shape index (κ2) is 13.8. The maximum atomic E-state index is 11.2. The first kappa shape index (κ1) is 26.9. The van der Waals surface area contributed by atoms with Gasteiger partial charge in [0.05, 0.1) is 6.61 Å². The van der Waals surface area contributed by atoms with Gasteiger partial charge in [0.1, 0.15) is 0 Å². The molecule has 12 heteroatoms. The van der Waals surface area contributed by atoms with Crippen molar-refractivity contribution < 1.29 is 39.9 Å². The molecule has 0 heterocycles. The van der Waals surface area contributed by atoms with Crippen molar-refractivity contribution in [2.24, 2.45) is 0 Å². The Morgan fingerprint density at radius 2 is 1.76 bits per heavy atom. The number of carbonyl (C=O) groups excluding carboxylic acids is 1. The summed E-state index contributed by atoms with van der Waals surface area (Å²) < 4.78 is 69.1. The topological polar surface area (TPSA) is 92.7 Å². The van der Waals surface area contributed by atoms with Crippen LogP contribution in [0.15, 0.2) is 35.2 Å². The van der Waals surface area contributed by atoms with Crippen molar-refractivity contribution in [1.29, 1.82) is 0 Å². The molecule has 0 fully saturated rings. The molecule has 6 nitrogen and oxygen atoms in total. The molecule has 0 saturated heterocycles. The Hall–Kier alpha value is -0.300. The molecule has 0 atom stereocenters. The molecule has 1 radical (unpaired) electrons. The van der Waals surface area contributed by atoms with Gasteiger partial charge in [0.15, 0.2) is 27.1 Å². The summed E-state index contributed by atoms with van der Waals surface area (Å²) in [6.07, 6.45) is 1.93. The van der Waals surface area contributed by atoms with Gasteiger partial charge < -0.3 is 9.29 Å². The number of alkyl halides is 3. The summed E-state index contributed by atoms with van der Waals surface area (Å²) in [5.74, 6) is -0.295. The van der Waals surface area contributed by atoms with Crippen LogP contribution in [0.25, 0.3) is 0 Å². The van der Waals surface area contributed by atoms with Crippen LogP contribution in [0, 0.1) is 0 Å². The Morgan fingerprint density at radius 1 is 1.24 bits per heavy atom. The van der Waals surface area contributed by atoms with E-state index in [2.05, 4.69) is 6.92 Å². The number of carbonyl (C=O) groups is 1. The maximum absolute atomic E-state index is 11.2. The van der Waals surface area contributed by atoms with E-state index >= 15 is 0 Å². The Balaban J connectivity index is 0. The standard InChI is InChI=1S/C12H16O3S.CHF3O3S.Na/c1-2-3-9-14-12(13)10-15-16-11-7-5-4-6-8-11;2-1(3,4)8(5,6)7;/h4-8H,2-3,9-10H2,1H3;(H,5,6,7);. The quantitative estimate of drug-likeness (QED) is 0.129. The second-order valence-electron chi connectivity index (χ2n) is 4.17. The van der Waals surface area contributed by atoms with Crippen LogP contribution >= 0.6 is 0 Å². The third-order valence-corrected chi connectivity index (χ3v) is 3.49. The zero-order valence-electron chi connectivity index (χ0n) is 13.7. The fourth-order valence-electron chi connectivity index (χ4n) is 1.02. The first-order valence-corrected chi connectivity index (χ1v) is 8.85. The summed E-state index contributed by atoms with van der Waals surface area (Å²) in [5, 5.41) is 0. The minimum Gasteiger partial charge on any atom is -0.741 e. The molecule has 0 aliphatic carbocycles. The third kappa shape index (κ3) is 14.5. The van der Waals surface area contributed by atoms with Crippen LogP contribution in [0.3, 0.4) is 0 Å². The zero-order valence-corrected chi connectivity index (χ0v) is 17.4. The summed E-state index contributed by atoms with van der Waals surface area (Å²) in [7, 11) is -6.09. The van der Waals surface area contributed by atoms with Gasteiger partial charge in [-0.1, -0.05) is 31.5 Å². The zero-order chi connectivity index (χ0) is 18.6. The first-order chi connectivity index (χ1) is 11.1. The number of halogens is 3. The minimum absolute atomic E-state index is 0. The number of unbranched alkanes of at least 4 members (excludes halogenated alkanes) is 1. The predicted octanol–water partition coefficient (Wildman–Crippen LogP) is 1.81. The van der Waals surface area contributed by atoms with Crippen LogP contribution in [0.2, 0.25) is 0 Å². The van der Waals surface area contributed by atoms with E-state index in [4.69, 9.17) is 21.9 Å². The molecule has 0 saturated carbocycles. The molecule has 0 aliphatic heterocycles. The van der Waals surface area contributed by atoms with Crippen LogP contribution in [0.5, 0.6) is 0 Å². The molecule has 0 aromatic heterocycles. The van der Waals surface area contributed by atoms with E-state index in [1.807, 2.05) is 30.3 Å². The second-order valence-corrected chi connectivity index (χ2v) is 6.50. The average molecular weight is 413 g/mol. The van der Waals surface area contributed by atoms with E-state index < -0.39 is 15.6 Å². The Labute approximate surface area is 170 Å². The van der Waals surface area contributed by atoms with E-state index in [9.17, 15) is 18.0 Å². The van der Waals surface area contributed by atoms with Crippen LogP contribution in [0.1, 0.15) is 19.8 Å². The van der Waals surface area contributed by atoms with E-state index in [1.165, 1.54) is 0 Å². The van der Waals surface area contributed by atoms with E-state index in [0.29, 0.717) is 18.6 Å². The average Bonchev–Trinajstić information content (AvgIpc) is 2.47. The van der Waals surface area contributed by atoms with E-state index in [0.717, 1.165) is 17.7 Å². The Bertz CT molecular complexity index is 581. The molecule has 0 amide bonds. The molecule has 0 unspecified atom stereocenters. The summed E-state index contributed by atoms with van der Waals surface area (Å²) in [5.41, 5.74) is -5.65. The Kier molecular flexibility index (Phi) is 14.9. The molecule has 0 N–H and O–H groups in total. The number of esters is 1. The molecule has 25 heavy (non-hydrogen) atoms. The molecule has 0 spiro atoms.